The molecule has 0 unspecified atom stereocenters. The molecule has 0 atom stereocenters. The van der Waals surface area contributed by atoms with E-state index in [1.165, 1.54) is 0 Å². The van der Waals surface area contributed by atoms with Gasteiger partial charge in [0.05, 0.1) is 13.2 Å². The molecule has 0 spiro atoms. The van der Waals surface area contributed by atoms with E-state index < -0.39 is 0 Å². The van der Waals surface area contributed by atoms with E-state index in [0.29, 0.717) is 0 Å². The highest BCUT2D eigenvalue weighted by atomic mass is 16.5. The molecule has 0 aliphatic heterocycles. The first kappa shape index (κ1) is 10.3. The molecular formula is C10H18N2O. The zero-order chi connectivity index (χ0) is 9.52. The van der Waals surface area contributed by atoms with Gasteiger partial charge in [0.1, 0.15) is 0 Å². The van der Waals surface area contributed by atoms with Crippen molar-refractivity contribution in [3.63, 3.8) is 0 Å². The molecule has 1 aromatic heterocycles. The molecule has 0 aliphatic carbocycles. The fourth-order valence-corrected chi connectivity index (χ4v) is 1.01. The first-order valence-corrected chi connectivity index (χ1v) is 4.84. The number of aromatic nitrogens is 2. The Bertz CT molecular complexity index is 207. The Kier molecular flexibility index (Phi) is 4.54. The van der Waals surface area contributed by atoms with Gasteiger partial charge in [-0.3, -0.25) is 4.68 Å². The van der Waals surface area contributed by atoms with Gasteiger partial charge in [0, 0.05) is 19.0 Å². The quantitative estimate of drug-likeness (QED) is 0.629. The zero-order valence-electron chi connectivity index (χ0n) is 8.44. The van der Waals surface area contributed by atoms with E-state index in [2.05, 4.69) is 18.9 Å². The van der Waals surface area contributed by atoms with E-state index in [0.717, 1.165) is 32.1 Å². The summed E-state index contributed by atoms with van der Waals surface area (Å²) in [5, 5.41) is 4.09. The molecule has 74 valence electrons. The first-order chi connectivity index (χ1) is 6.29. The van der Waals surface area contributed by atoms with Gasteiger partial charge in [-0.2, -0.15) is 5.10 Å². The Hall–Kier alpha value is -0.830. The molecule has 0 saturated carbocycles. The third-order valence-corrected chi connectivity index (χ3v) is 1.86. The Morgan fingerprint density at radius 2 is 2.23 bits per heavy atom. The monoisotopic (exact) mass is 182 g/mol. The Morgan fingerprint density at radius 3 is 2.85 bits per heavy atom. The van der Waals surface area contributed by atoms with Crippen LogP contribution in [0, 0.1) is 5.92 Å². The highest BCUT2D eigenvalue weighted by Crippen LogP contribution is 1.98. The molecule has 0 aliphatic rings. The van der Waals surface area contributed by atoms with Crippen LogP contribution in [0.15, 0.2) is 18.5 Å². The van der Waals surface area contributed by atoms with Gasteiger partial charge in [-0.1, -0.05) is 13.8 Å². The van der Waals surface area contributed by atoms with Gasteiger partial charge in [-0.25, -0.2) is 0 Å². The summed E-state index contributed by atoms with van der Waals surface area (Å²) in [6, 6.07) is 1.92. The third kappa shape index (κ3) is 4.68. The molecule has 0 aromatic carbocycles. The molecule has 0 radical (unpaired) electrons. The fourth-order valence-electron chi connectivity index (χ4n) is 1.01. The van der Waals surface area contributed by atoms with Crippen molar-refractivity contribution in [2.24, 2.45) is 5.92 Å². The third-order valence-electron chi connectivity index (χ3n) is 1.86. The number of rotatable bonds is 6. The SMILES string of the molecule is CC(C)CCOCCn1cccn1. The molecule has 1 rings (SSSR count). The Labute approximate surface area is 79.7 Å². The summed E-state index contributed by atoms with van der Waals surface area (Å²) in [6.45, 7) is 6.88. The summed E-state index contributed by atoms with van der Waals surface area (Å²) in [4.78, 5) is 0. The lowest BCUT2D eigenvalue weighted by Gasteiger charge is -2.06. The average Bonchev–Trinajstić information content (AvgIpc) is 2.55. The van der Waals surface area contributed by atoms with Crippen LogP contribution in [0.1, 0.15) is 20.3 Å². The zero-order valence-corrected chi connectivity index (χ0v) is 8.44. The van der Waals surface area contributed by atoms with Gasteiger partial charge >= 0.3 is 0 Å². The summed E-state index contributed by atoms with van der Waals surface area (Å²) in [5.41, 5.74) is 0. The molecule has 3 nitrogen and oxygen atoms in total. The molecular weight excluding hydrogens is 164 g/mol. The van der Waals surface area contributed by atoms with Gasteiger partial charge in [0.2, 0.25) is 0 Å². The standard InChI is InChI=1S/C10H18N2O/c1-10(2)4-8-13-9-7-12-6-3-5-11-12/h3,5-6,10H,4,7-9H2,1-2H3. The normalized spacial score (nSPS) is 11.0. The van der Waals surface area contributed by atoms with Gasteiger partial charge in [0.25, 0.3) is 0 Å². The summed E-state index contributed by atoms with van der Waals surface area (Å²) in [6.07, 6.45) is 4.87. The molecule has 0 saturated heterocycles. The van der Waals surface area contributed by atoms with Crippen LogP contribution in [-0.4, -0.2) is 23.0 Å². The molecule has 0 bridgehead atoms. The predicted octanol–water partition coefficient (Wildman–Crippen LogP) is 1.95. The van der Waals surface area contributed by atoms with E-state index in [4.69, 9.17) is 4.74 Å². The molecule has 0 amide bonds. The molecule has 0 N–H and O–H groups in total. The van der Waals surface area contributed by atoms with E-state index in [1.807, 2.05) is 16.9 Å². The second-order valence-corrected chi connectivity index (χ2v) is 3.56. The molecule has 1 heterocycles. The lowest BCUT2D eigenvalue weighted by molar-refractivity contribution is 0.114. The van der Waals surface area contributed by atoms with Crippen molar-refractivity contribution in [2.75, 3.05) is 13.2 Å². The minimum atomic E-state index is 0.727. The van der Waals surface area contributed by atoms with Gasteiger partial charge in [-0.15, -0.1) is 0 Å². The summed E-state index contributed by atoms with van der Waals surface area (Å²) in [5.74, 6) is 0.727. The smallest absolute Gasteiger partial charge is 0.0662 e. The average molecular weight is 182 g/mol. The molecule has 1 aromatic rings. The van der Waals surface area contributed by atoms with Crippen LogP contribution >= 0.6 is 0 Å². The van der Waals surface area contributed by atoms with E-state index in [-0.39, 0.29) is 0 Å². The fraction of sp³-hybridized carbons (Fsp3) is 0.700. The van der Waals surface area contributed by atoms with Gasteiger partial charge in [0.15, 0.2) is 0 Å². The second-order valence-electron chi connectivity index (χ2n) is 3.56. The maximum atomic E-state index is 5.46. The second kappa shape index (κ2) is 5.75. The maximum absolute atomic E-state index is 5.46. The number of hydrogen-bond donors (Lipinski definition) is 0. The lowest BCUT2D eigenvalue weighted by atomic mass is 10.1. The van der Waals surface area contributed by atoms with Crippen LogP contribution < -0.4 is 0 Å². The van der Waals surface area contributed by atoms with Crippen molar-refractivity contribution >= 4 is 0 Å². The highest BCUT2D eigenvalue weighted by molar-refractivity contribution is 4.77. The van der Waals surface area contributed by atoms with Crippen LogP contribution in [0.4, 0.5) is 0 Å². The van der Waals surface area contributed by atoms with Crippen molar-refractivity contribution in [2.45, 2.75) is 26.8 Å². The van der Waals surface area contributed by atoms with Crippen molar-refractivity contribution in [3.05, 3.63) is 18.5 Å². The van der Waals surface area contributed by atoms with E-state index in [1.54, 1.807) is 6.20 Å². The Balaban J connectivity index is 1.96. The van der Waals surface area contributed by atoms with Gasteiger partial charge < -0.3 is 4.74 Å². The highest BCUT2D eigenvalue weighted by Gasteiger charge is 1.94. The molecule has 0 fully saturated rings. The van der Waals surface area contributed by atoms with Crippen molar-refractivity contribution in [1.29, 1.82) is 0 Å². The summed E-state index contributed by atoms with van der Waals surface area (Å²) >= 11 is 0. The number of hydrogen-bond acceptors (Lipinski definition) is 2. The van der Waals surface area contributed by atoms with Crippen LogP contribution in [0.3, 0.4) is 0 Å². The van der Waals surface area contributed by atoms with Crippen LogP contribution in [-0.2, 0) is 11.3 Å². The van der Waals surface area contributed by atoms with Crippen LogP contribution in [0.5, 0.6) is 0 Å². The summed E-state index contributed by atoms with van der Waals surface area (Å²) < 4.78 is 7.34. The minimum absolute atomic E-state index is 0.727. The van der Waals surface area contributed by atoms with Gasteiger partial charge in [-0.05, 0) is 18.4 Å². The van der Waals surface area contributed by atoms with Crippen molar-refractivity contribution in [1.82, 2.24) is 9.78 Å². The largest absolute Gasteiger partial charge is 0.380 e. The van der Waals surface area contributed by atoms with Crippen molar-refractivity contribution < 1.29 is 4.74 Å². The topological polar surface area (TPSA) is 27.1 Å². The first-order valence-electron chi connectivity index (χ1n) is 4.84. The summed E-state index contributed by atoms with van der Waals surface area (Å²) in [7, 11) is 0. The lowest BCUT2D eigenvalue weighted by Crippen LogP contribution is -2.08. The van der Waals surface area contributed by atoms with E-state index in [9.17, 15) is 0 Å². The maximum Gasteiger partial charge on any atom is 0.0662 e. The number of ether oxygens (including phenoxy) is 1. The molecule has 3 heteroatoms. The van der Waals surface area contributed by atoms with Crippen molar-refractivity contribution in [3.8, 4) is 0 Å². The predicted molar refractivity (Wildman–Crippen MR) is 52.5 cm³/mol. The molecule has 13 heavy (non-hydrogen) atoms. The minimum Gasteiger partial charge on any atom is -0.380 e. The Morgan fingerprint density at radius 1 is 1.38 bits per heavy atom. The van der Waals surface area contributed by atoms with Crippen LogP contribution in [0.2, 0.25) is 0 Å². The van der Waals surface area contributed by atoms with E-state index >= 15 is 0 Å². The van der Waals surface area contributed by atoms with Crippen LogP contribution in [0.25, 0.3) is 0 Å². The number of nitrogens with zero attached hydrogens (tertiary/aromatic N) is 2.